The van der Waals surface area contributed by atoms with Crippen LogP contribution in [0.4, 0.5) is 5.69 Å². The molecule has 0 saturated heterocycles. The number of nitro benzene ring substituents is 1. The molecule has 0 saturated carbocycles. The van der Waals surface area contributed by atoms with Gasteiger partial charge < -0.3 is 4.84 Å². The van der Waals surface area contributed by atoms with Crippen LogP contribution in [-0.2, 0) is 11.3 Å². The molecule has 0 radical (unpaired) electrons. The molecule has 14 heavy (non-hydrogen) atoms. The first-order valence-electron chi connectivity index (χ1n) is 4.29. The Morgan fingerprint density at radius 3 is 2.93 bits per heavy atom. The van der Waals surface area contributed by atoms with Crippen molar-refractivity contribution in [3.05, 3.63) is 39.9 Å². The molecule has 1 aromatic carbocycles. The zero-order chi connectivity index (χ0) is 10.4. The number of benzene rings is 1. The molecule has 0 spiro atoms. The van der Waals surface area contributed by atoms with Crippen LogP contribution in [0.25, 0.3) is 0 Å². The van der Waals surface area contributed by atoms with Crippen LogP contribution >= 0.6 is 0 Å². The predicted octanol–water partition coefficient (Wildman–Crippen LogP) is 1.42. The van der Waals surface area contributed by atoms with E-state index in [4.69, 9.17) is 5.90 Å². The van der Waals surface area contributed by atoms with Crippen LogP contribution in [0.15, 0.2) is 24.3 Å². The summed E-state index contributed by atoms with van der Waals surface area (Å²) in [6.45, 7) is 0.461. The van der Waals surface area contributed by atoms with Crippen LogP contribution in [0.5, 0.6) is 0 Å². The highest BCUT2D eigenvalue weighted by molar-refractivity contribution is 5.34. The summed E-state index contributed by atoms with van der Waals surface area (Å²) in [5.74, 6) is 4.86. The van der Waals surface area contributed by atoms with Gasteiger partial charge in [0.1, 0.15) is 0 Å². The van der Waals surface area contributed by atoms with Gasteiger partial charge in [-0.3, -0.25) is 10.1 Å². The first-order valence-corrected chi connectivity index (χ1v) is 4.29. The molecule has 5 heteroatoms. The van der Waals surface area contributed by atoms with Gasteiger partial charge in [-0.05, 0) is 18.4 Å². The topological polar surface area (TPSA) is 78.4 Å². The number of non-ortho nitro benzene ring substituents is 1. The molecule has 2 N–H and O–H groups in total. The van der Waals surface area contributed by atoms with Crippen LogP contribution < -0.4 is 5.90 Å². The van der Waals surface area contributed by atoms with E-state index in [1.54, 1.807) is 12.1 Å². The summed E-state index contributed by atoms with van der Waals surface area (Å²) in [6, 6.07) is 6.57. The second-order valence-electron chi connectivity index (χ2n) is 2.90. The van der Waals surface area contributed by atoms with Gasteiger partial charge in [-0.2, -0.15) is 0 Å². The number of aryl methyl sites for hydroxylation is 1. The minimum atomic E-state index is -0.400. The summed E-state index contributed by atoms with van der Waals surface area (Å²) in [5, 5.41) is 10.4. The van der Waals surface area contributed by atoms with Crippen LogP contribution in [0.1, 0.15) is 12.0 Å². The van der Waals surface area contributed by atoms with Gasteiger partial charge in [-0.25, -0.2) is 5.90 Å². The Kier molecular flexibility index (Phi) is 4.03. The molecule has 0 bridgehead atoms. The summed E-state index contributed by atoms with van der Waals surface area (Å²) >= 11 is 0. The lowest BCUT2D eigenvalue weighted by Crippen LogP contribution is -2.02. The van der Waals surface area contributed by atoms with E-state index in [0.29, 0.717) is 6.61 Å². The third-order valence-electron chi connectivity index (χ3n) is 1.85. The highest BCUT2D eigenvalue weighted by Crippen LogP contribution is 2.14. The van der Waals surface area contributed by atoms with Gasteiger partial charge in [0, 0.05) is 12.1 Å². The molecule has 0 aliphatic heterocycles. The summed E-state index contributed by atoms with van der Waals surface area (Å²) in [6.07, 6.45) is 1.50. The highest BCUT2D eigenvalue weighted by Gasteiger charge is 2.04. The Morgan fingerprint density at radius 1 is 1.50 bits per heavy atom. The Hall–Kier alpha value is -1.46. The molecule has 0 heterocycles. The van der Waals surface area contributed by atoms with Gasteiger partial charge in [0.15, 0.2) is 0 Å². The lowest BCUT2D eigenvalue weighted by atomic mass is 10.1. The third-order valence-corrected chi connectivity index (χ3v) is 1.85. The van der Waals surface area contributed by atoms with Crippen molar-refractivity contribution in [2.75, 3.05) is 6.61 Å². The van der Waals surface area contributed by atoms with E-state index < -0.39 is 4.92 Å². The van der Waals surface area contributed by atoms with E-state index in [-0.39, 0.29) is 5.69 Å². The number of nitrogens with two attached hydrogens (primary N) is 1. The Balaban J connectivity index is 2.59. The zero-order valence-corrected chi connectivity index (χ0v) is 7.68. The minimum absolute atomic E-state index is 0.121. The maximum Gasteiger partial charge on any atom is 0.269 e. The van der Waals surface area contributed by atoms with Gasteiger partial charge >= 0.3 is 0 Å². The van der Waals surface area contributed by atoms with E-state index in [1.165, 1.54) is 6.07 Å². The van der Waals surface area contributed by atoms with Crippen molar-refractivity contribution >= 4 is 5.69 Å². The second kappa shape index (κ2) is 5.31. The number of nitrogens with zero attached hydrogens (tertiary/aromatic N) is 1. The SMILES string of the molecule is NOCCCc1cccc([N+](=O)[O-])c1. The average molecular weight is 196 g/mol. The monoisotopic (exact) mass is 196 g/mol. The van der Waals surface area contributed by atoms with Gasteiger partial charge in [0.2, 0.25) is 0 Å². The third kappa shape index (κ3) is 3.12. The fraction of sp³-hybridized carbons (Fsp3) is 0.333. The Labute approximate surface area is 81.6 Å². The van der Waals surface area contributed by atoms with E-state index >= 15 is 0 Å². The fourth-order valence-corrected chi connectivity index (χ4v) is 1.19. The summed E-state index contributed by atoms with van der Waals surface area (Å²) in [4.78, 5) is 14.5. The highest BCUT2D eigenvalue weighted by atomic mass is 16.6. The maximum absolute atomic E-state index is 10.4. The summed E-state index contributed by atoms with van der Waals surface area (Å²) in [5.41, 5.74) is 1.05. The first kappa shape index (κ1) is 10.6. The lowest BCUT2D eigenvalue weighted by Gasteiger charge is -1.99. The van der Waals surface area contributed by atoms with Crippen molar-refractivity contribution < 1.29 is 9.76 Å². The van der Waals surface area contributed by atoms with Gasteiger partial charge in [-0.1, -0.05) is 12.1 Å². The quantitative estimate of drug-likeness (QED) is 0.438. The van der Waals surface area contributed by atoms with Crippen molar-refractivity contribution in [1.82, 2.24) is 0 Å². The normalized spacial score (nSPS) is 10.1. The average Bonchev–Trinajstić information content (AvgIpc) is 2.19. The summed E-state index contributed by atoms with van der Waals surface area (Å²) < 4.78 is 0. The van der Waals surface area contributed by atoms with Crippen LogP contribution in [-0.4, -0.2) is 11.5 Å². The molecule has 0 amide bonds. The van der Waals surface area contributed by atoms with Gasteiger partial charge in [0.25, 0.3) is 5.69 Å². The number of hydrogen-bond donors (Lipinski definition) is 1. The van der Waals surface area contributed by atoms with Crippen molar-refractivity contribution in [3.63, 3.8) is 0 Å². The number of hydrogen-bond acceptors (Lipinski definition) is 4. The van der Waals surface area contributed by atoms with Gasteiger partial charge in [0.05, 0.1) is 11.5 Å². The molecule has 5 nitrogen and oxygen atoms in total. The molecule has 76 valence electrons. The van der Waals surface area contributed by atoms with Crippen LogP contribution in [0, 0.1) is 10.1 Å². The molecule has 0 aliphatic carbocycles. The first-order chi connectivity index (χ1) is 6.74. The van der Waals surface area contributed by atoms with E-state index in [9.17, 15) is 10.1 Å². The maximum atomic E-state index is 10.4. The van der Waals surface area contributed by atoms with E-state index in [1.807, 2.05) is 6.07 Å². The van der Waals surface area contributed by atoms with E-state index in [2.05, 4.69) is 4.84 Å². The fourth-order valence-electron chi connectivity index (χ4n) is 1.19. The molecule has 0 atom stereocenters. The zero-order valence-electron chi connectivity index (χ0n) is 7.68. The molecule has 1 aromatic rings. The predicted molar refractivity (Wildman–Crippen MR) is 51.6 cm³/mol. The Bertz CT molecular complexity index is 315. The van der Waals surface area contributed by atoms with Crippen molar-refractivity contribution in [2.45, 2.75) is 12.8 Å². The summed E-state index contributed by atoms with van der Waals surface area (Å²) in [7, 11) is 0. The second-order valence-corrected chi connectivity index (χ2v) is 2.90. The molecule has 0 aliphatic rings. The largest absolute Gasteiger partial charge is 0.305 e. The molecule has 0 aromatic heterocycles. The number of rotatable bonds is 5. The van der Waals surface area contributed by atoms with E-state index in [0.717, 1.165) is 18.4 Å². The molecule has 0 fully saturated rings. The standard InChI is InChI=1S/C9H12N2O3/c10-14-6-2-4-8-3-1-5-9(7-8)11(12)13/h1,3,5,7H,2,4,6,10H2. The van der Waals surface area contributed by atoms with Gasteiger partial charge in [-0.15, -0.1) is 0 Å². The number of nitro groups is 1. The minimum Gasteiger partial charge on any atom is -0.305 e. The molecule has 0 unspecified atom stereocenters. The Morgan fingerprint density at radius 2 is 2.29 bits per heavy atom. The molecular weight excluding hydrogens is 184 g/mol. The lowest BCUT2D eigenvalue weighted by molar-refractivity contribution is -0.384. The van der Waals surface area contributed by atoms with Crippen molar-refractivity contribution in [3.8, 4) is 0 Å². The molecule has 1 rings (SSSR count). The van der Waals surface area contributed by atoms with Crippen molar-refractivity contribution in [1.29, 1.82) is 0 Å². The van der Waals surface area contributed by atoms with Crippen LogP contribution in [0.2, 0.25) is 0 Å². The molecular formula is C9H12N2O3. The van der Waals surface area contributed by atoms with Crippen LogP contribution in [0.3, 0.4) is 0 Å². The smallest absolute Gasteiger partial charge is 0.269 e. The van der Waals surface area contributed by atoms with Crippen molar-refractivity contribution in [2.24, 2.45) is 5.90 Å².